The van der Waals surface area contributed by atoms with Gasteiger partial charge in [-0.3, -0.25) is 0 Å². The summed E-state index contributed by atoms with van der Waals surface area (Å²) < 4.78 is 26.9. The summed E-state index contributed by atoms with van der Waals surface area (Å²) in [6, 6.07) is 3.48. The third kappa shape index (κ3) is 4.18. The molecule has 1 heterocycles. The maximum absolute atomic E-state index is 5.91. The Labute approximate surface area is 118 Å². The molecule has 20 heavy (non-hydrogen) atoms. The van der Waals surface area contributed by atoms with Gasteiger partial charge in [-0.2, -0.15) is 0 Å². The molecule has 0 saturated carbocycles. The molecule has 0 unspecified atom stereocenters. The molecule has 0 saturated heterocycles. The van der Waals surface area contributed by atoms with Gasteiger partial charge in [-0.1, -0.05) is 0 Å². The molecule has 1 aromatic carbocycles. The van der Waals surface area contributed by atoms with E-state index in [-0.39, 0.29) is 0 Å². The first-order chi connectivity index (χ1) is 9.81. The van der Waals surface area contributed by atoms with Crippen LogP contribution in [0.25, 0.3) is 0 Å². The van der Waals surface area contributed by atoms with Crippen molar-refractivity contribution in [2.24, 2.45) is 0 Å². The third-order valence-corrected chi connectivity index (χ3v) is 2.80. The minimum absolute atomic E-state index is 0.441. The molecule has 0 aromatic heterocycles. The average molecular weight is 283 g/mol. The molecule has 1 aliphatic rings. The quantitative estimate of drug-likeness (QED) is 0.575. The van der Waals surface area contributed by atoms with Gasteiger partial charge in [0.25, 0.3) is 0 Å². The maximum Gasteiger partial charge on any atom is 0.165 e. The van der Waals surface area contributed by atoms with Crippen LogP contribution in [0.15, 0.2) is 12.1 Å². The second-order valence-corrected chi connectivity index (χ2v) is 4.34. The molecule has 0 fully saturated rings. The van der Waals surface area contributed by atoms with E-state index in [9.17, 15) is 0 Å². The number of ether oxygens (including phenoxy) is 5. The highest BCUT2D eigenvalue weighted by Crippen LogP contribution is 2.38. The van der Waals surface area contributed by atoms with Crippen molar-refractivity contribution in [2.45, 2.75) is 6.42 Å². The summed E-state index contributed by atoms with van der Waals surface area (Å²) >= 11 is 0. The van der Waals surface area contributed by atoms with Crippen molar-refractivity contribution in [3.63, 3.8) is 0 Å². The van der Waals surface area contributed by atoms with Crippen LogP contribution in [0.5, 0.6) is 17.2 Å². The molecule has 2 N–H and O–H groups in total. The summed E-state index contributed by atoms with van der Waals surface area (Å²) in [6.07, 6.45) is 0.878. The Bertz CT molecular complexity index is 424. The van der Waals surface area contributed by atoms with Crippen LogP contribution in [0.2, 0.25) is 0 Å². The van der Waals surface area contributed by atoms with Gasteiger partial charge in [-0.05, 0) is 6.42 Å². The molecule has 6 nitrogen and oxygen atoms in total. The standard InChI is InChI=1S/C14H21NO5/c1-16-3-2-4-17-5-6-18-12-10-14-13(9-11(12)15)19-7-8-20-14/h9-10H,2-8,15H2,1H3. The van der Waals surface area contributed by atoms with Crippen LogP contribution in [0.3, 0.4) is 0 Å². The van der Waals surface area contributed by atoms with Crippen LogP contribution in [0.1, 0.15) is 6.42 Å². The van der Waals surface area contributed by atoms with Crippen molar-refractivity contribution >= 4 is 5.69 Å². The van der Waals surface area contributed by atoms with E-state index in [1.54, 1.807) is 19.2 Å². The Morgan fingerprint density at radius 1 is 1.05 bits per heavy atom. The van der Waals surface area contributed by atoms with Crippen molar-refractivity contribution in [1.29, 1.82) is 0 Å². The molecule has 0 radical (unpaired) electrons. The molecule has 112 valence electrons. The number of nitrogen functional groups attached to an aromatic ring is 1. The average Bonchev–Trinajstić information content (AvgIpc) is 2.46. The molecule has 1 aliphatic heterocycles. The molecule has 2 rings (SSSR count). The predicted octanol–water partition coefficient (Wildman–Crippen LogP) is 1.47. The van der Waals surface area contributed by atoms with Crippen molar-refractivity contribution in [3.8, 4) is 17.2 Å². The predicted molar refractivity (Wildman–Crippen MR) is 74.7 cm³/mol. The lowest BCUT2D eigenvalue weighted by Crippen LogP contribution is -2.16. The summed E-state index contributed by atoms with van der Waals surface area (Å²) in [7, 11) is 1.67. The minimum atomic E-state index is 0.441. The Morgan fingerprint density at radius 2 is 1.80 bits per heavy atom. The first kappa shape index (κ1) is 14.7. The molecular weight excluding hydrogens is 262 g/mol. The molecule has 1 aromatic rings. The number of nitrogens with two attached hydrogens (primary N) is 1. The second kappa shape index (κ2) is 7.81. The van der Waals surface area contributed by atoms with Crippen LogP contribution in [0.4, 0.5) is 5.69 Å². The highest BCUT2D eigenvalue weighted by molar-refractivity contribution is 5.62. The number of hydrogen-bond acceptors (Lipinski definition) is 6. The molecular formula is C14H21NO5. The van der Waals surface area contributed by atoms with E-state index in [0.29, 0.717) is 62.6 Å². The Kier molecular flexibility index (Phi) is 5.76. The largest absolute Gasteiger partial charge is 0.489 e. The number of rotatable bonds is 8. The van der Waals surface area contributed by atoms with E-state index in [1.165, 1.54) is 0 Å². The first-order valence-corrected chi connectivity index (χ1v) is 6.70. The van der Waals surface area contributed by atoms with Gasteiger partial charge in [-0.25, -0.2) is 0 Å². The smallest absolute Gasteiger partial charge is 0.165 e. The van der Waals surface area contributed by atoms with Gasteiger partial charge >= 0.3 is 0 Å². The first-order valence-electron chi connectivity index (χ1n) is 6.70. The van der Waals surface area contributed by atoms with Gasteiger partial charge in [0.15, 0.2) is 11.5 Å². The summed E-state index contributed by atoms with van der Waals surface area (Å²) in [5, 5.41) is 0. The number of hydrogen-bond donors (Lipinski definition) is 1. The van der Waals surface area contributed by atoms with E-state index in [4.69, 9.17) is 29.4 Å². The lowest BCUT2D eigenvalue weighted by molar-refractivity contribution is 0.0806. The minimum Gasteiger partial charge on any atom is -0.489 e. The fourth-order valence-electron chi connectivity index (χ4n) is 1.83. The maximum atomic E-state index is 5.91. The summed E-state index contributed by atoms with van der Waals surface area (Å²) in [6.45, 7) is 3.40. The van der Waals surface area contributed by atoms with Crippen LogP contribution in [0, 0.1) is 0 Å². The van der Waals surface area contributed by atoms with E-state index >= 15 is 0 Å². The summed E-state index contributed by atoms with van der Waals surface area (Å²) in [4.78, 5) is 0. The van der Waals surface area contributed by atoms with E-state index in [0.717, 1.165) is 6.42 Å². The van der Waals surface area contributed by atoms with E-state index < -0.39 is 0 Å². The van der Waals surface area contributed by atoms with Gasteiger partial charge in [-0.15, -0.1) is 0 Å². The zero-order valence-electron chi connectivity index (χ0n) is 11.7. The van der Waals surface area contributed by atoms with Crippen LogP contribution >= 0.6 is 0 Å². The van der Waals surface area contributed by atoms with Crippen molar-refractivity contribution < 1.29 is 23.7 Å². The Hall–Kier alpha value is -1.66. The van der Waals surface area contributed by atoms with Gasteiger partial charge in [0.05, 0.1) is 12.3 Å². The zero-order valence-corrected chi connectivity index (χ0v) is 11.7. The van der Waals surface area contributed by atoms with Crippen molar-refractivity contribution in [2.75, 3.05) is 52.5 Å². The normalized spacial score (nSPS) is 13.2. The van der Waals surface area contributed by atoms with Gasteiger partial charge in [0.1, 0.15) is 25.6 Å². The van der Waals surface area contributed by atoms with Gasteiger partial charge in [0.2, 0.25) is 0 Å². The zero-order chi connectivity index (χ0) is 14.2. The number of benzene rings is 1. The van der Waals surface area contributed by atoms with Gasteiger partial charge in [0, 0.05) is 32.5 Å². The van der Waals surface area contributed by atoms with E-state index in [1.807, 2.05) is 0 Å². The Morgan fingerprint density at radius 3 is 2.55 bits per heavy atom. The monoisotopic (exact) mass is 283 g/mol. The molecule has 0 amide bonds. The van der Waals surface area contributed by atoms with Crippen LogP contribution < -0.4 is 19.9 Å². The van der Waals surface area contributed by atoms with Gasteiger partial charge < -0.3 is 29.4 Å². The van der Waals surface area contributed by atoms with E-state index in [2.05, 4.69) is 0 Å². The lowest BCUT2D eigenvalue weighted by atomic mass is 10.2. The lowest BCUT2D eigenvalue weighted by Gasteiger charge is -2.20. The molecule has 0 spiro atoms. The van der Waals surface area contributed by atoms with Crippen LogP contribution in [-0.4, -0.2) is 46.8 Å². The fraction of sp³-hybridized carbons (Fsp3) is 0.571. The second-order valence-electron chi connectivity index (χ2n) is 4.34. The highest BCUT2D eigenvalue weighted by Gasteiger charge is 2.15. The number of methoxy groups -OCH3 is 1. The Balaban J connectivity index is 1.75. The molecule has 6 heteroatoms. The van der Waals surface area contributed by atoms with Crippen LogP contribution in [-0.2, 0) is 9.47 Å². The molecule has 0 bridgehead atoms. The van der Waals surface area contributed by atoms with Crippen molar-refractivity contribution in [3.05, 3.63) is 12.1 Å². The summed E-state index contributed by atoms with van der Waals surface area (Å²) in [5.41, 5.74) is 6.44. The SMILES string of the molecule is COCCCOCCOc1cc2c(cc1N)OCCO2. The number of anilines is 1. The fourth-order valence-corrected chi connectivity index (χ4v) is 1.83. The van der Waals surface area contributed by atoms with Crippen molar-refractivity contribution in [1.82, 2.24) is 0 Å². The molecule has 0 atom stereocenters. The number of fused-ring (bicyclic) bond motifs is 1. The third-order valence-electron chi connectivity index (χ3n) is 2.80. The molecule has 0 aliphatic carbocycles. The highest BCUT2D eigenvalue weighted by atomic mass is 16.6. The topological polar surface area (TPSA) is 72.2 Å². The summed E-state index contributed by atoms with van der Waals surface area (Å²) in [5.74, 6) is 1.92.